The molecule has 2 rings (SSSR count). The van der Waals surface area contributed by atoms with E-state index >= 15 is 0 Å². The van der Waals surface area contributed by atoms with E-state index in [4.69, 9.17) is 15.3 Å². The summed E-state index contributed by atoms with van der Waals surface area (Å²) in [7, 11) is 3.34. The fourth-order valence-corrected chi connectivity index (χ4v) is 2.87. The Morgan fingerprint density at radius 3 is 2.68 bits per heavy atom. The summed E-state index contributed by atoms with van der Waals surface area (Å²) in [6.45, 7) is 0. The first kappa shape index (κ1) is 13.9. The Kier molecular flexibility index (Phi) is 4.79. The molecule has 1 unspecified atom stereocenters. The van der Waals surface area contributed by atoms with Crippen molar-refractivity contribution >= 4 is 11.3 Å². The maximum absolute atomic E-state index is 5.67. The number of para-hydroxylation sites is 1. The van der Waals surface area contributed by atoms with Crippen molar-refractivity contribution in [1.82, 2.24) is 5.43 Å². The van der Waals surface area contributed by atoms with Gasteiger partial charge >= 0.3 is 0 Å². The summed E-state index contributed by atoms with van der Waals surface area (Å²) in [5.41, 5.74) is 3.98. The summed E-state index contributed by atoms with van der Waals surface area (Å²) < 4.78 is 10.6. The Bertz CT molecular complexity index is 528. The van der Waals surface area contributed by atoms with Crippen LogP contribution in [0.3, 0.4) is 0 Å². The van der Waals surface area contributed by atoms with E-state index in [2.05, 4.69) is 5.43 Å². The number of hydrogen-bond acceptors (Lipinski definition) is 5. The molecule has 1 aromatic carbocycles. The van der Waals surface area contributed by atoms with Crippen LogP contribution in [0.15, 0.2) is 35.7 Å². The average Bonchev–Trinajstić information content (AvgIpc) is 2.93. The highest BCUT2D eigenvalue weighted by molar-refractivity contribution is 7.10. The number of ether oxygens (including phenoxy) is 2. The van der Waals surface area contributed by atoms with E-state index in [1.54, 1.807) is 25.6 Å². The summed E-state index contributed by atoms with van der Waals surface area (Å²) in [6, 6.07) is 10.0. The Balaban J connectivity index is 2.18. The molecule has 19 heavy (non-hydrogen) atoms. The van der Waals surface area contributed by atoms with Crippen molar-refractivity contribution in [2.45, 2.75) is 12.5 Å². The first-order chi connectivity index (χ1) is 9.28. The van der Waals surface area contributed by atoms with Crippen molar-refractivity contribution in [3.63, 3.8) is 0 Å². The highest BCUT2D eigenvalue weighted by atomic mass is 32.1. The smallest absolute Gasteiger partial charge is 0.129 e. The molecular formula is C14H18N2O2S. The van der Waals surface area contributed by atoms with Crippen LogP contribution in [0, 0.1) is 0 Å². The van der Waals surface area contributed by atoms with E-state index < -0.39 is 0 Å². The van der Waals surface area contributed by atoms with Crippen LogP contribution in [0.25, 0.3) is 0 Å². The molecule has 1 heterocycles. The van der Waals surface area contributed by atoms with Gasteiger partial charge in [-0.3, -0.25) is 11.3 Å². The van der Waals surface area contributed by atoms with E-state index in [9.17, 15) is 0 Å². The number of hydrogen-bond donors (Lipinski definition) is 2. The average molecular weight is 278 g/mol. The molecule has 0 spiro atoms. The van der Waals surface area contributed by atoms with Gasteiger partial charge in [-0.1, -0.05) is 18.2 Å². The van der Waals surface area contributed by atoms with Crippen molar-refractivity contribution in [2.24, 2.45) is 5.84 Å². The predicted octanol–water partition coefficient (Wildman–Crippen LogP) is 2.51. The number of benzene rings is 1. The van der Waals surface area contributed by atoms with Crippen LogP contribution >= 0.6 is 11.3 Å². The number of thiophene rings is 1. The number of nitrogens with one attached hydrogen (secondary N) is 1. The Labute approximate surface area is 117 Å². The van der Waals surface area contributed by atoms with Crippen molar-refractivity contribution in [3.05, 3.63) is 46.2 Å². The van der Waals surface area contributed by atoms with Crippen LogP contribution in [0.4, 0.5) is 0 Å². The van der Waals surface area contributed by atoms with Gasteiger partial charge in [-0.2, -0.15) is 0 Å². The standard InChI is InChI=1S/C14H18N2O2S/c1-17-11-8-14(19-9-11)12(16-15)7-10-5-3-4-6-13(10)18-2/h3-6,8-9,12,16H,7,15H2,1-2H3. The third-order valence-electron chi connectivity index (χ3n) is 2.99. The second-order valence-corrected chi connectivity index (χ2v) is 5.07. The summed E-state index contributed by atoms with van der Waals surface area (Å²) in [5.74, 6) is 7.41. The van der Waals surface area contributed by atoms with Gasteiger partial charge in [-0.15, -0.1) is 11.3 Å². The first-order valence-corrected chi connectivity index (χ1v) is 6.87. The molecule has 0 amide bonds. The minimum absolute atomic E-state index is 0.0465. The maximum atomic E-state index is 5.67. The molecule has 0 saturated carbocycles. The van der Waals surface area contributed by atoms with Gasteiger partial charge in [0.05, 0.1) is 20.3 Å². The molecule has 1 atom stereocenters. The van der Waals surface area contributed by atoms with Crippen molar-refractivity contribution < 1.29 is 9.47 Å². The molecule has 0 aliphatic heterocycles. The van der Waals surface area contributed by atoms with Gasteiger partial charge in [0.15, 0.2) is 0 Å². The number of hydrazine groups is 1. The van der Waals surface area contributed by atoms with E-state index in [0.717, 1.165) is 28.4 Å². The molecule has 0 saturated heterocycles. The van der Waals surface area contributed by atoms with E-state index in [1.165, 1.54) is 0 Å². The SMILES string of the molecule is COc1csc(C(Cc2ccccc2OC)NN)c1. The zero-order valence-electron chi connectivity index (χ0n) is 11.1. The zero-order valence-corrected chi connectivity index (χ0v) is 11.9. The molecule has 0 aliphatic rings. The molecule has 0 aliphatic carbocycles. The molecular weight excluding hydrogens is 260 g/mol. The molecule has 5 heteroatoms. The summed E-state index contributed by atoms with van der Waals surface area (Å²) in [5, 5.41) is 1.97. The van der Waals surface area contributed by atoms with Gasteiger partial charge < -0.3 is 9.47 Å². The number of rotatable bonds is 6. The Hall–Kier alpha value is -1.56. The molecule has 2 aromatic rings. The molecule has 0 radical (unpaired) electrons. The topological polar surface area (TPSA) is 56.5 Å². The second-order valence-electron chi connectivity index (χ2n) is 4.12. The van der Waals surface area contributed by atoms with Crippen LogP contribution in [0.5, 0.6) is 11.5 Å². The zero-order chi connectivity index (χ0) is 13.7. The van der Waals surface area contributed by atoms with E-state index in [0.29, 0.717) is 0 Å². The highest BCUT2D eigenvalue weighted by Gasteiger charge is 2.15. The minimum Gasteiger partial charge on any atom is -0.496 e. The number of nitrogens with two attached hydrogens (primary N) is 1. The summed E-state index contributed by atoms with van der Waals surface area (Å²) >= 11 is 1.63. The van der Waals surface area contributed by atoms with Gasteiger partial charge in [0.2, 0.25) is 0 Å². The van der Waals surface area contributed by atoms with Crippen LogP contribution in [0.1, 0.15) is 16.5 Å². The summed E-state index contributed by atoms with van der Waals surface area (Å²) in [6.07, 6.45) is 0.768. The van der Waals surface area contributed by atoms with Gasteiger partial charge in [0.25, 0.3) is 0 Å². The quantitative estimate of drug-likeness (QED) is 0.630. The van der Waals surface area contributed by atoms with E-state index in [-0.39, 0.29) is 6.04 Å². The molecule has 0 fully saturated rings. The molecule has 3 N–H and O–H groups in total. The second kappa shape index (κ2) is 6.56. The maximum Gasteiger partial charge on any atom is 0.129 e. The predicted molar refractivity (Wildman–Crippen MR) is 77.6 cm³/mol. The van der Waals surface area contributed by atoms with E-state index in [1.807, 2.05) is 35.7 Å². The lowest BCUT2D eigenvalue weighted by molar-refractivity contribution is 0.405. The van der Waals surface area contributed by atoms with Crippen LogP contribution in [0.2, 0.25) is 0 Å². The molecule has 4 nitrogen and oxygen atoms in total. The highest BCUT2D eigenvalue weighted by Crippen LogP contribution is 2.30. The lowest BCUT2D eigenvalue weighted by atomic mass is 10.0. The fourth-order valence-electron chi connectivity index (χ4n) is 1.96. The molecule has 0 bridgehead atoms. The van der Waals surface area contributed by atoms with Crippen molar-refractivity contribution in [1.29, 1.82) is 0 Å². The molecule has 102 valence electrons. The lowest BCUT2D eigenvalue weighted by Crippen LogP contribution is -2.29. The third kappa shape index (κ3) is 3.26. The fraction of sp³-hybridized carbons (Fsp3) is 0.286. The van der Waals surface area contributed by atoms with Gasteiger partial charge in [-0.05, 0) is 24.1 Å². The molecule has 1 aromatic heterocycles. The van der Waals surface area contributed by atoms with Gasteiger partial charge in [0, 0.05) is 10.3 Å². The first-order valence-electron chi connectivity index (χ1n) is 5.99. The van der Waals surface area contributed by atoms with Gasteiger partial charge in [-0.25, -0.2) is 0 Å². The summed E-state index contributed by atoms with van der Waals surface area (Å²) in [4.78, 5) is 1.14. The van der Waals surface area contributed by atoms with Crippen LogP contribution in [-0.4, -0.2) is 14.2 Å². The third-order valence-corrected chi connectivity index (χ3v) is 4.02. The van der Waals surface area contributed by atoms with Crippen LogP contribution in [-0.2, 0) is 6.42 Å². The normalized spacial score (nSPS) is 12.2. The minimum atomic E-state index is 0.0465. The Morgan fingerprint density at radius 1 is 1.26 bits per heavy atom. The number of methoxy groups -OCH3 is 2. The monoisotopic (exact) mass is 278 g/mol. The van der Waals surface area contributed by atoms with Crippen LogP contribution < -0.4 is 20.7 Å². The lowest BCUT2D eigenvalue weighted by Gasteiger charge is -2.16. The largest absolute Gasteiger partial charge is 0.496 e. The van der Waals surface area contributed by atoms with Crippen molar-refractivity contribution in [2.75, 3.05) is 14.2 Å². The van der Waals surface area contributed by atoms with Gasteiger partial charge in [0.1, 0.15) is 11.5 Å². The Morgan fingerprint density at radius 2 is 2.05 bits per heavy atom. The van der Waals surface area contributed by atoms with Crippen molar-refractivity contribution in [3.8, 4) is 11.5 Å².